The van der Waals surface area contributed by atoms with Crippen LogP contribution in [0.25, 0.3) is 0 Å². The van der Waals surface area contributed by atoms with Crippen molar-refractivity contribution in [3.05, 3.63) is 11.3 Å². The summed E-state index contributed by atoms with van der Waals surface area (Å²) in [7, 11) is 5.67. The van der Waals surface area contributed by atoms with Gasteiger partial charge in [0.25, 0.3) is 0 Å². The molecule has 0 radical (unpaired) electrons. The van der Waals surface area contributed by atoms with Crippen LogP contribution in [-0.2, 0) is 13.6 Å². The van der Waals surface area contributed by atoms with E-state index in [1.165, 1.54) is 24.9 Å². The Bertz CT molecular complexity index is 402. The minimum absolute atomic E-state index is 0.638. The molecule has 2 heterocycles. The molecular formula is C13H24N4O. The molecular weight excluding hydrogens is 228 g/mol. The third-order valence-corrected chi connectivity index (χ3v) is 3.78. The van der Waals surface area contributed by atoms with E-state index in [0.29, 0.717) is 6.04 Å². The average molecular weight is 252 g/mol. The predicted octanol–water partition coefficient (Wildman–Crippen LogP) is 0.921. The molecule has 0 saturated carbocycles. The van der Waals surface area contributed by atoms with Gasteiger partial charge in [0.1, 0.15) is 0 Å². The molecule has 0 bridgehead atoms. The molecule has 1 saturated heterocycles. The zero-order valence-electron chi connectivity index (χ0n) is 11.9. The lowest BCUT2D eigenvalue weighted by molar-refractivity contribution is 0.237. The number of aryl methyl sites for hydroxylation is 2. The molecule has 5 heteroatoms. The van der Waals surface area contributed by atoms with Crippen molar-refractivity contribution in [2.45, 2.75) is 32.4 Å². The lowest BCUT2D eigenvalue weighted by Gasteiger charge is -2.24. The van der Waals surface area contributed by atoms with Crippen molar-refractivity contribution in [1.29, 1.82) is 0 Å². The normalized spacial score (nSPS) is 20.6. The quantitative estimate of drug-likeness (QED) is 0.846. The number of rotatable bonds is 5. The zero-order valence-corrected chi connectivity index (χ0v) is 11.9. The number of hydrogen-bond donors (Lipinski definition) is 1. The highest BCUT2D eigenvalue weighted by molar-refractivity contribution is 5.31. The predicted molar refractivity (Wildman–Crippen MR) is 71.9 cm³/mol. The Labute approximate surface area is 109 Å². The smallest absolute Gasteiger partial charge is 0.216 e. The lowest BCUT2D eigenvalue weighted by atomic mass is 10.2. The number of hydrogen-bond acceptors (Lipinski definition) is 4. The Morgan fingerprint density at radius 2 is 2.28 bits per heavy atom. The van der Waals surface area contributed by atoms with E-state index >= 15 is 0 Å². The van der Waals surface area contributed by atoms with Crippen LogP contribution in [0.15, 0.2) is 0 Å². The van der Waals surface area contributed by atoms with Crippen molar-refractivity contribution in [3.63, 3.8) is 0 Å². The van der Waals surface area contributed by atoms with E-state index in [9.17, 15) is 0 Å². The molecule has 0 spiro atoms. The van der Waals surface area contributed by atoms with Crippen molar-refractivity contribution in [3.8, 4) is 5.88 Å². The van der Waals surface area contributed by atoms with Crippen LogP contribution in [0.1, 0.15) is 24.1 Å². The third kappa shape index (κ3) is 2.52. The highest BCUT2D eigenvalue weighted by atomic mass is 16.5. The van der Waals surface area contributed by atoms with Crippen LogP contribution in [0.3, 0.4) is 0 Å². The van der Waals surface area contributed by atoms with Gasteiger partial charge < -0.3 is 10.1 Å². The van der Waals surface area contributed by atoms with E-state index in [4.69, 9.17) is 4.74 Å². The summed E-state index contributed by atoms with van der Waals surface area (Å²) in [5.74, 6) is 0.891. The summed E-state index contributed by atoms with van der Waals surface area (Å²) >= 11 is 0. The van der Waals surface area contributed by atoms with Crippen molar-refractivity contribution in [1.82, 2.24) is 20.0 Å². The molecule has 18 heavy (non-hydrogen) atoms. The molecule has 1 aromatic rings. The second-order valence-corrected chi connectivity index (χ2v) is 5.02. The average Bonchev–Trinajstić information content (AvgIpc) is 2.86. The number of likely N-dealkylation sites (tertiary alicyclic amines) is 1. The van der Waals surface area contributed by atoms with Crippen LogP contribution >= 0.6 is 0 Å². The first-order valence-corrected chi connectivity index (χ1v) is 6.62. The molecule has 1 unspecified atom stereocenters. The molecule has 0 amide bonds. The van der Waals surface area contributed by atoms with Gasteiger partial charge in [0.2, 0.25) is 5.88 Å². The van der Waals surface area contributed by atoms with Crippen LogP contribution in [-0.4, -0.2) is 48.0 Å². The molecule has 1 N–H and O–H groups in total. The Hall–Kier alpha value is -1.07. The number of ether oxygens (including phenoxy) is 1. The molecule has 2 rings (SSSR count). The summed E-state index contributed by atoms with van der Waals surface area (Å²) in [4.78, 5) is 2.53. The molecule has 1 fully saturated rings. The summed E-state index contributed by atoms with van der Waals surface area (Å²) < 4.78 is 7.29. The topological polar surface area (TPSA) is 42.3 Å². The number of likely N-dealkylation sites (N-methyl/N-ethyl adjacent to an activating group) is 1. The first-order valence-electron chi connectivity index (χ1n) is 6.62. The monoisotopic (exact) mass is 252 g/mol. The molecule has 0 aliphatic carbocycles. The van der Waals surface area contributed by atoms with Gasteiger partial charge in [-0.3, -0.25) is 4.90 Å². The first-order chi connectivity index (χ1) is 8.67. The second kappa shape index (κ2) is 5.71. The number of nitrogens with zero attached hydrogens (tertiary/aromatic N) is 3. The largest absolute Gasteiger partial charge is 0.481 e. The molecule has 1 aliphatic heterocycles. The van der Waals surface area contributed by atoms with Crippen LogP contribution in [0.4, 0.5) is 0 Å². The molecule has 1 aliphatic rings. The Kier molecular flexibility index (Phi) is 4.24. The number of methoxy groups -OCH3 is 1. The highest BCUT2D eigenvalue weighted by Gasteiger charge is 2.26. The minimum atomic E-state index is 0.638. The third-order valence-electron chi connectivity index (χ3n) is 3.78. The SMILES string of the molecule is CNCC1CCCN1Cc1c(C)nn(C)c1OC. The van der Waals surface area contributed by atoms with Crippen molar-refractivity contribution < 1.29 is 4.74 Å². The van der Waals surface area contributed by atoms with E-state index in [1.807, 2.05) is 18.8 Å². The van der Waals surface area contributed by atoms with Gasteiger partial charge >= 0.3 is 0 Å². The summed E-state index contributed by atoms with van der Waals surface area (Å²) in [6, 6.07) is 0.638. The van der Waals surface area contributed by atoms with Gasteiger partial charge in [-0.05, 0) is 33.4 Å². The fourth-order valence-corrected chi connectivity index (χ4v) is 2.89. The van der Waals surface area contributed by atoms with Crippen LogP contribution < -0.4 is 10.1 Å². The van der Waals surface area contributed by atoms with Gasteiger partial charge in [-0.25, -0.2) is 4.68 Å². The van der Waals surface area contributed by atoms with Gasteiger partial charge in [0, 0.05) is 26.2 Å². The van der Waals surface area contributed by atoms with Crippen molar-refractivity contribution in [2.75, 3.05) is 27.2 Å². The number of nitrogens with one attached hydrogen (secondary N) is 1. The second-order valence-electron chi connectivity index (χ2n) is 5.02. The van der Waals surface area contributed by atoms with Gasteiger partial charge in [-0.2, -0.15) is 5.10 Å². The Morgan fingerprint density at radius 1 is 1.50 bits per heavy atom. The first kappa shape index (κ1) is 13.4. The summed E-state index contributed by atoms with van der Waals surface area (Å²) in [5.41, 5.74) is 2.30. The molecule has 0 aromatic carbocycles. The van der Waals surface area contributed by atoms with Crippen LogP contribution in [0.5, 0.6) is 5.88 Å². The molecule has 5 nitrogen and oxygen atoms in total. The van der Waals surface area contributed by atoms with E-state index in [0.717, 1.165) is 24.7 Å². The van der Waals surface area contributed by atoms with E-state index < -0.39 is 0 Å². The maximum atomic E-state index is 5.46. The Morgan fingerprint density at radius 3 is 2.94 bits per heavy atom. The minimum Gasteiger partial charge on any atom is -0.481 e. The number of aromatic nitrogens is 2. The van der Waals surface area contributed by atoms with Gasteiger partial charge in [0.15, 0.2) is 0 Å². The molecule has 1 atom stereocenters. The van der Waals surface area contributed by atoms with Gasteiger partial charge in [0.05, 0.1) is 18.4 Å². The summed E-state index contributed by atoms with van der Waals surface area (Å²) in [6.45, 7) is 5.22. The van der Waals surface area contributed by atoms with E-state index in [2.05, 4.69) is 22.2 Å². The molecule has 1 aromatic heterocycles. The zero-order chi connectivity index (χ0) is 13.1. The maximum Gasteiger partial charge on any atom is 0.216 e. The fraction of sp³-hybridized carbons (Fsp3) is 0.769. The van der Waals surface area contributed by atoms with Crippen molar-refractivity contribution in [2.24, 2.45) is 7.05 Å². The van der Waals surface area contributed by atoms with Crippen LogP contribution in [0.2, 0.25) is 0 Å². The summed E-state index contributed by atoms with van der Waals surface area (Å²) in [6.07, 6.45) is 2.57. The van der Waals surface area contributed by atoms with E-state index in [1.54, 1.807) is 7.11 Å². The van der Waals surface area contributed by atoms with E-state index in [-0.39, 0.29) is 0 Å². The van der Waals surface area contributed by atoms with Crippen molar-refractivity contribution >= 4 is 0 Å². The Balaban J connectivity index is 2.13. The van der Waals surface area contributed by atoms with Gasteiger partial charge in [-0.1, -0.05) is 0 Å². The van der Waals surface area contributed by atoms with Crippen LogP contribution in [0, 0.1) is 6.92 Å². The summed E-state index contributed by atoms with van der Waals surface area (Å²) in [5, 5.41) is 7.72. The lowest BCUT2D eigenvalue weighted by Crippen LogP contribution is -2.36. The standard InChI is InChI=1S/C13H24N4O/c1-10-12(13(18-4)16(3)15-10)9-17-7-5-6-11(17)8-14-2/h11,14H,5-9H2,1-4H3. The molecule has 102 valence electrons. The highest BCUT2D eigenvalue weighted by Crippen LogP contribution is 2.26. The van der Waals surface area contributed by atoms with Gasteiger partial charge in [-0.15, -0.1) is 0 Å². The maximum absolute atomic E-state index is 5.46. The fourth-order valence-electron chi connectivity index (χ4n) is 2.89.